The Labute approximate surface area is 177 Å². The maximum atomic E-state index is 12.7. The van der Waals surface area contributed by atoms with Crippen molar-refractivity contribution in [3.8, 4) is 5.75 Å². The van der Waals surface area contributed by atoms with Gasteiger partial charge in [0.15, 0.2) is 0 Å². The first-order valence-corrected chi connectivity index (χ1v) is 10.3. The summed E-state index contributed by atoms with van der Waals surface area (Å²) in [7, 11) is 1.59. The van der Waals surface area contributed by atoms with Crippen molar-refractivity contribution in [2.45, 2.75) is 32.2 Å². The number of aryl methyl sites for hydroxylation is 1. The Bertz CT molecular complexity index is 857. The molecule has 3 rings (SSSR count). The molecule has 2 aromatic carbocycles. The van der Waals surface area contributed by atoms with E-state index in [1.165, 1.54) is 0 Å². The predicted molar refractivity (Wildman–Crippen MR) is 119 cm³/mol. The van der Waals surface area contributed by atoms with Gasteiger partial charge in [-0.15, -0.1) is 0 Å². The minimum Gasteiger partial charge on any atom is -0.495 e. The number of nitrogens with zero attached hydrogens (tertiary/aromatic N) is 1. The number of nitrogens with one attached hydrogen (secondary N) is 3. The Balaban J connectivity index is 1.53. The van der Waals surface area contributed by atoms with Gasteiger partial charge < -0.3 is 20.7 Å². The third-order valence-corrected chi connectivity index (χ3v) is 5.25. The van der Waals surface area contributed by atoms with Gasteiger partial charge in [-0.2, -0.15) is 0 Å². The predicted octanol–water partition coefficient (Wildman–Crippen LogP) is 3.62. The molecule has 3 amide bonds. The van der Waals surface area contributed by atoms with Crippen molar-refractivity contribution in [3.05, 3.63) is 54.1 Å². The minimum atomic E-state index is -0.235. The third-order valence-electron chi connectivity index (χ3n) is 5.25. The Hall–Kier alpha value is -3.06. The summed E-state index contributed by atoms with van der Waals surface area (Å²) < 4.78 is 5.34. The molecule has 1 aliphatic rings. The Kier molecular flexibility index (Phi) is 7.68. The van der Waals surface area contributed by atoms with Gasteiger partial charge in [0.05, 0.1) is 19.3 Å². The number of anilines is 2. The molecule has 7 nitrogen and oxygen atoms in total. The van der Waals surface area contributed by atoms with E-state index < -0.39 is 0 Å². The number of urea groups is 1. The molecule has 0 saturated carbocycles. The third kappa shape index (κ3) is 6.22. The second-order valence-corrected chi connectivity index (χ2v) is 7.57. The van der Waals surface area contributed by atoms with Crippen LogP contribution in [0, 0.1) is 6.92 Å². The highest BCUT2D eigenvalue weighted by atomic mass is 16.5. The van der Waals surface area contributed by atoms with Crippen molar-refractivity contribution >= 4 is 23.3 Å². The van der Waals surface area contributed by atoms with Crippen LogP contribution in [-0.4, -0.2) is 49.6 Å². The lowest BCUT2D eigenvalue weighted by Crippen LogP contribution is -2.49. The highest BCUT2D eigenvalue weighted by Crippen LogP contribution is 2.25. The molecule has 0 radical (unpaired) electrons. The molecule has 0 aromatic heterocycles. The zero-order chi connectivity index (χ0) is 21.3. The van der Waals surface area contributed by atoms with Crippen molar-refractivity contribution < 1.29 is 14.3 Å². The van der Waals surface area contributed by atoms with Gasteiger partial charge in [0.1, 0.15) is 5.75 Å². The molecule has 2 aromatic rings. The van der Waals surface area contributed by atoms with Crippen LogP contribution in [0.4, 0.5) is 16.2 Å². The Morgan fingerprint density at radius 2 is 1.90 bits per heavy atom. The van der Waals surface area contributed by atoms with Gasteiger partial charge >= 0.3 is 6.03 Å². The number of methoxy groups -OCH3 is 1. The monoisotopic (exact) mass is 410 g/mol. The lowest BCUT2D eigenvalue weighted by Gasteiger charge is -2.35. The molecule has 160 valence electrons. The minimum absolute atomic E-state index is 0.0838. The number of piperidine rings is 1. The molecule has 0 bridgehead atoms. The number of rotatable bonds is 7. The SMILES string of the molecule is COc1ccc(C)cc1NC(=O)CN1CCCCC1CNC(=O)Nc1ccccc1. The highest BCUT2D eigenvalue weighted by molar-refractivity contribution is 5.94. The normalized spacial score (nSPS) is 16.5. The first-order chi connectivity index (χ1) is 14.5. The lowest BCUT2D eigenvalue weighted by molar-refractivity contribution is -0.118. The molecule has 7 heteroatoms. The van der Waals surface area contributed by atoms with E-state index in [-0.39, 0.29) is 24.5 Å². The molecule has 1 atom stereocenters. The molecular formula is C23H30N4O3. The first kappa shape index (κ1) is 21.6. The molecule has 1 saturated heterocycles. The average molecular weight is 411 g/mol. The van der Waals surface area contributed by atoms with Crippen molar-refractivity contribution in [1.82, 2.24) is 10.2 Å². The number of benzene rings is 2. The second-order valence-electron chi connectivity index (χ2n) is 7.57. The van der Waals surface area contributed by atoms with Crippen LogP contribution in [0.15, 0.2) is 48.5 Å². The fourth-order valence-corrected chi connectivity index (χ4v) is 3.70. The lowest BCUT2D eigenvalue weighted by atomic mass is 10.0. The molecular weight excluding hydrogens is 380 g/mol. The summed E-state index contributed by atoms with van der Waals surface area (Å²) in [4.78, 5) is 27.0. The van der Waals surface area contributed by atoms with Crippen molar-refractivity contribution in [3.63, 3.8) is 0 Å². The van der Waals surface area contributed by atoms with Gasteiger partial charge in [-0.05, 0) is 56.1 Å². The Morgan fingerprint density at radius 1 is 1.10 bits per heavy atom. The van der Waals surface area contributed by atoms with Crippen LogP contribution in [0.1, 0.15) is 24.8 Å². The van der Waals surface area contributed by atoms with Gasteiger partial charge in [0.25, 0.3) is 0 Å². The van der Waals surface area contributed by atoms with Gasteiger partial charge in [-0.25, -0.2) is 4.79 Å². The quantitative estimate of drug-likeness (QED) is 0.651. The first-order valence-electron chi connectivity index (χ1n) is 10.3. The smallest absolute Gasteiger partial charge is 0.319 e. The molecule has 0 aliphatic carbocycles. The van der Waals surface area contributed by atoms with Crippen LogP contribution < -0.4 is 20.7 Å². The van der Waals surface area contributed by atoms with E-state index in [9.17, 15) is 9.59 Å². The zero-order valence-corrected chi connectivity index (χ0v) is 17.6. The largest absolute Gasteiger partial charge is 0.495 e. The number of hydrogen-bond acceptors (Lipinski definition) is 4. The summed E-state index contributed by atoms with van der Waals surface area (Å²) in [5.41, 5.74) is 2.48. The van der Waals surface area contributed by atoms with E-state index in [4.69, 9.17) is 4.74 Å². The maximum absolute atomic E-state index is 12.7. The van der Waals surface area contributed by atoms with E-state index >= 15 is 0 Å². The fraction of sp³-hybridized carbons (Fsp3) is 0.391. The van der Waals surface area contributed by atoms with Gasteiger partial charge in [-0.1, -0.05) is 30.7 Å². The summed E-state index contributed by atoms with van der Waals surface area (Å²) in [6.45, 7) is 3.59. The number of para-hydroxylation sites is 1. The molecule has 0 spiro atoms. The second kappa shape index (κ2) is 10.6. The standard InChI is InChI=1S/C23H30N4O3/c1-17-11-12-21(30-2)20(14-17)26-22(28)16-27-13-7-6-10-19(27)15-24-23(29)25-18-8-4-3-5-9-18/h3-5,8-9,11-12,14,19H,6-7,10,13,15-16H2,1-2H3,(H,26,28)(H2,24,25,29). The zero-order valence-electron chi connectivity index (χ0n) is 17.6. The Morgan fingerprint density at radius 3 is 2.67 bits per heavy atom. The molecule has 1 aliphatic heterocycles. The summed E-state index contributed by atoms with van der Waals surface area (Å²) in [6, 6.07) is 14.9. The number of carbonyl (C=O) groups excluding carboxylic acids is 2. The van der Waals surface area contributed by atoms with E-state index in [0.717, 1.165) is 37.1 Å². The van der Waals surface area contributed by atoms with Crippen molar-refractivity contribution in [2.24, 2.45) is 0 Å². The number of hydrogen-bond donors (Lipinski definition) is 3. The number of amides is 3. The highest BCUT2D eigenvalue weighted by Gasteiger charge is 2.25. The molecule has 3 N–H and O–H groups in total. The molecule has 1 unspecified atom stereocenters. The van der Waals surface area contributed by atoms with Crippen molar-refractivity contribution in [2.75, 3.05) is 37.4 Å². The topological polar surface area (TPSA) is 82.7 Å². The van der Waals surface area contributed by atoms with Crippen LogP contribution in [0.5, 0.6) is 5.75 Å². The van der Waals surface area contributed by atoms with E-state index in [1.54, 1.807) is 7.11 Å². The molecule has 30 heavy (non-hydrogen) atoms. The van der Waals surface area contributed by atoms with Crippen LogP contribution >= 0.6 is 0 Å². The maximum Gasteiger partial charge on any atom is 0.319 e. The number of likely N-dealkylation sites (tertiary alicyclic amines) is 1. The fourth-order valence-electron chi connectivity index (χ4n) is 3.70. The molecule has 1 fully saturated rings. The summed E-state index contributed by atoms with van der Waals surface area (Å²) in [6.07, 6.45) is 3.09. The van der Waals surface area contributed by atoms with Gasteiger partial charge in [-0.3, -0.25) is 9.69 Å². The van der Waals surface area contributed by atoms with E-state index in [2.05, 4.69) is 20.9 Å². The van der Waals surface area contributed by atoms with Gasteiger partial charge in [0.2, 0.25) is 5.91 Å². The van der Waals surface area contributed by atoms with Crippen LogP contribution in [0.25, 0.3) is 0 Å². The van der Waals surface area contributed by atoms with Crippen LogP contribution in [0.3, 0.4) is 0 Å². The van der Waals surface area contributed by atoms with Crippen molar-refractivity contribution in [1.29, 1.82) is 0 Å². The average Bonchev–Trinajstić information content (AvgIpc) is 2.74. The summed E-state index contributed by atoms with van der Waals surface area (Å²) in [5, 5.41) is 8.72. The van der Waals surface area contributed by atoms with Crippen LogP contribution in [-0.2, 0) is 4.79 Å². The molecule has 1 heterocycles. The number of ether oxygens (including phenoxy) is 1. The van der Waals surface area contributed by atoms with Crippen LogP contribution in [0.2, 0.25) is 0 Å². The summed E-state index contributed by atoms with van der Waals surface area (Å²) >= 11 is 0. The van der Waals surface area contributed by atoms with E-state index in [0.29, 0.717) is 18.0 Å². The van der Waals surface area contributed by atoms with E-state index in [1.807, 2.05) is 55.5 Å². The van der Waals surface area contributed by atoms with Gasteiger partial charge in [0, 0.05) is 18.3 Å². The number of carbonyl (C=O) groups is 2. The summed E-state index contributed by atoms with van der Waals surface area (Å²) in [5.74, 6) is 0.558.